The molecule has 3 rings (SSSR count). The van der Waals surface area contributed by atoms with Crippen LogP contribution in [0.5, 0.6) is 5.75 Å². The zero-order valence-electron chi connectivity index (χ0n) is 12.1. The van der Waals surface area contributed by atoms with Crippen LogP contribution in [0.4, 0.5) is 11.4 Å². The molecule has 1 heterocycles. The molecule has 3 aromatic rings. The number of carbonyl (C=O) groups excluding carboxylic acids is 1. The maximum absolute atomic E-state index is 12.3. The van der Waals surface area contributed by atoms with Gasteiger partial charge in [-0.25, -0.2) is 0 Å². The second kappa shape index (κ2) is 5.84. The molecule has 8 heteroatoms. The number of hydrogen-bond acceptors (Lipinski definition) is 5. The van der Waals surface area contributed by atoms with Crippen molar-refractivity contribution >= 4 is 28.2 Å². The van der Waals surface area contributed by atoms with E-state index in [1.54, 1.807) is 30.3 Å². The van der Waals surface area contributed by atoms with Crippen LogP contribution in [0.15, 0.2) is 53.3 Å². The second-order valence-electron chi connectivity index (χ2n) is 4.98. The average molecular weight is 325 g/mol. The number of hydrogen-bond donors (Lipinski definition) is 3. The van der Waals surface area contributed by atoms with Crippen LogP contribution in [0.3, 0.4) is 0 Å². The number of non-ortho nitro benzene ring substituents is 1. The zero-order chi connectivity index (χ0) is 17.3. The first-order chi connectivity index (χ1) is 11.5. The number of nitro benzene ring substituents is 1. The van der Waals surface area contributed by atoms with E-state index >= 15 is 0 Å². The van der Waals surface area contributed by atoms with Gasteiger partial charge < -0.3 is 15.4 Å². The number of nitro groups is 1. The largest absolute Gasteiger partial charge is 0.506 e. The van der Waals surface area contributed by atoms with Crippen LogP contribution < -0.4 is 10.9 Å². The first-order valence-electron chi connectivity index (χ1n) is 6.87. The Bertz CT molecular complexity index is 1010. The summed E-state index contributed by atoms with van der Waals surface area (Å²) < 4.78 is 0. The summed E-state index contributed by atoms with van der Waals surface area (Å²) in [4.78, 5) is 37.0. The molecule has 0 spiro atoms. The van der Waals surface area contributed by atoms with Gasteiger partial charge in [0.1, 0.15) is 11.3 Å². The fourth-order valence-corrected chi connectivity index (χ4v) is 2.30. The Balaban J connectivity index is 2.11. The number of anilines is 1. The highest BCUT2D eigenvalue weighted by Gasteiger charge is 2.20. The summed E-state index contributed by atoms with van der Waals surface area (Å²) in [6.07, 6.45) is 0. The molecule has 0 radical (unpaired) electrons. The van der Waals surface area contributed by atoms with Gasteiger partial charge in [0.2, 0.25) is 0 Å². The monoisotopic (exact) mass is 325 g/mol. The smallest absolute Gasteiger partial charge is 0.270 e. The summed E-state index contributed by atoms with van der Waals surface area (Å²) in [6.45, 7) is 0. The van der Waals surface area contributed by atoms with Gasteiger partial charge in [0.05, 0.1) is 10.4 Å². The molecule has 0 saturated heterocycles. The number of amides is 1. The Labute approximate surface area is 134 Å². The van der Waals surface area contributed by atoms with E-state index < -0.39 is 27.7 Å². The van der Waals surface area contributed by atoms with Crippen LogP contribution in [0.25, 0.3) is 10.9 Å². The summed E-state index contributed by atoms with van der Waals surface area (Å²) in [5.41, 5.74) is -0.923. The minimum absolute atomic E-state index is 0.0158. The molecule has 1 aromatic heterocycles. The highest BCUT2D eigenvalue weighted by Crippen LogP contribution is 2.28. The fourth-order valence-electron chi connectivity index (χ4n) is 2.30. The highest BCUT2D eigenvalue weighted by atomic mass is 16.6. The Kier molecular flexibility index (Phi) is 3.70. The molecule has 0 aliphatic heterocycles. The number of aromatic hydroxyl groups is 1. The van der Waals surface area contributed by atoms with Gasteiger partial charge in [0, 0.05) is 23.2 Å². The molecule has 3 N–H and O–H groups in total. The number of nitrogens with one attached hydrogen (secondary N) is 2. The number of aromatic nitrogens is 1. The van der Waals surface area contributed by atoms with Gasteiger partial charge in [0.25, 0.3) is 17.2 Å². The van der Waals surface area contributed by atoms with Crippen LogP contribution >= 0.6 is 0 Å². The molecule has 24 heavy (non-hydrogen) atoms. The lowest BCUT2D eigenvalue weighted by Gasteiger charge is -2.08. The first kappa shape index (κ1) is 15.2. The van der Waals surface area contributed by atoms with E-state index in [0.717, 1.165) is 6.07 Å². The molecular weight excluding hydrogens is 314 g/mol. The number of benzene rings is 2. The number of aromatic amines is 1. The van der Waals surface area contributed by atoms with Crippen LogP contribution in [-0.2, 0) is 0 Å². The second-order valence-corrected chi connectivity index (χ2v) is 4.98. The average Bonchev–Trinajstić information content (AvgIpc) is 2.55. The van der Waals surface area contributed by atoms with E-state index in [1.165, 1.54) is 12.1 Å². The predicted octanol–water partition coefficient (Wildman–Crippen LogP) is 2.39. The first-order valence-corrected chi connectivity index (χ1v) is 6.87. The highest BCUT2D eigenvalue weighted by molar-refractivity contribution is 6.09. The van der Waals surface area contributed by atoms with Gasteiger partial charge in [-0.2, -0.15) is 0 Å². The molecule has 2 aromatic carbocycles. The summed E-state index contributed by atoms with van der Waals surface area (Å²) in [5.74, 6) is -1.42. The lowest BCUT2D eigenvalue weighted by Crippen LogP contribution is -2.23. The van der Waals surface area contributed by atoms with Crippen molar-refractivity contribution in [3.8, 4) is 5.75 Å². The fraction of sp³-hybridized carbons (Fsp3) is 0. The van der Waals surface area contributed by atoms with E-state index in [2.05, 4.69) is 10.3 Å². The van der Waals surface area contributed by atoms with Crippen LogP contribution in [0, 0.1) is 10.1 Å². The number of nitrogens with zero attached hydrogens (tertiary/aromatic N) is 1. The van der Waals surface area contributed by atoms with Gasteiger partial charge in [-0.3, -0.25) is 19.7 Å². The molecule has 0 aliphatic carbocycles. The number of pyridine rings is 1. The SMILES string of the molecule is O=C(Nc1ccccc1)c1c(O)c2cc([N+](=O)[O-])ccc2[nH]c1=O. The number of carbonyl (C=O) groups is 1. The Hall–Kier alpha value is -3.68. The number of fused-ring (bicyclic) bond motifs is 1. The van der Waals surface area contributed by atoms with Crippen LogP contribution in [0.1, 0.15) is 10.4 Å². The standard InChI is InChI=1S/C16H11N3O5/c20-14-11-8-10(19(23)24)6-7-12(11)18-16(22)13(14)15(21)17-9-4-2-1-3-5-9/h1-8H,(H,17,21)(H2,18,20,22). The maximum atomic E-state index is 12.3. The van der Waals surface area contributed by atoms with Crippen LogP contribution in [0.2, 0.25) is 0 Å². The van der Waals surface area contributed by atoms with Gasteiger partial charge in [-0.1, -0.05) is 18.2 Å². The normalized spacial score (nSPS) is 10.5. The van der Waals surface area contributed by atoms with E-state index in [9.17, 15) is 24.8 Å². The van der Waals surface area contributed by atoms with Crippen molar-refractivity contribution in [2.45, 2.75) is 0 Å². The molecule has 0 aliphatic rings. The lowest BCUT2D eigenvalue weighted by atomic mass is 10.1. The Morgan fingerprint density at radius 1 is 1.17 bits per heavy atom. The van der Waals surface area contributed by atoms with Gasteiger partial charge in [-0.15, -0.1) is 0 Å². The molecular formula is C16H11N3O5. The van der Waals surface area contributed by atoms with Crippen molar-refractivity contribution in [3.63, 3.8) is 0 Å². The van der Waals surface area contributed by atoms with Crippen LogP contribution in [-0.4, -0.2) is 20.9 Å². The van der Waals surface area contributed by atoms with E-state index in [-0.39, 0.29) is 16.6 Å². The molecule has 1 amide bonds. The van der Waals surface area contributed by atoms with E-state index in [4.69, 9.17) is 0 Å². The van der Waals surface area contributed by atoms with E-state index in [0.29, 0.717) is 5.69 Å². The third kappa shape index (κ3) is 2.68. The van der Waals surface area contributed by atoms with Crippen molar-refractivity contribution in [2.24, 2.45) is 0 Å². The van der Waals surface area contributed by atoms with Gasteiger partial charge in [0.15, 0.2) is 0 Å². The maximum Gasteiger partial charge on any atom is 0.270 e. The topological polar surface area (TPSA) is 125 Å². The third-order valence-corrected chi connectivity index (χ3v) is 3.44. The summed E-state index contributed by atoms with van der Waals surface area (Å²) in [7, 11) is 0. The minimum Gasteiger partial charge on any atom is -0.506 e. The minimum atomic E-state index is -0.812. The number of H-pyrrole nitrogens is 1. The summed E-state index contributed by atoms with van der Waals surface area (Å²) in [6, 6.07) is 12.0. The zero-order valence-corrected chi connectivity index (χ0v) is 12.1. The van der Waals surface area contributed by atoms with E-state index in [1.807, 2.05) is 0 Å². The predicted molar refractivity (Wildman–Crippen MR) is 87.3 cm³/mol. The molecule has 0 saturated carbocycles. The molecule has 0 unspecified atom stereocenters. The Morgan fingerprint density at radius 3 is 2.54 bits per heavy atom. The quantitative estimate of drug-likeness (QED) is 0.503. The molecule has 120 valence electrons. The van der Waals surface area contributed by atoms with Crippen molar-refractivity contribution in [2.75, 3.05) is 5.32 Å². The van der Waals surface area contributed by atoms with Gasteiger partial charge >= 0.3 is 0 Å². The number of para-hydroxylation sites is 1. The van der Waals surface area contributed by atoms with Gasteiger partial charge in [-0.05, 0) is 18.2 Å². The van der Waals surface area contributed by atoms with Crippen molar-refractivity contribution in [1.29, 1.82) is 0 Å². The molecule has 8 nitrogen and oxygen atoms in total. The number of rotatable bonds is 3. The Morgan fingerprint density at radius 2 is 1.88 bits per heavy atom. The molecule has 0 fully saturated rings. The third-order valence-electron chi connectivity index (χ3n) is 3.44. The molecule has 0 bridgehead atoms. The summed E-state index contributed by atoms with van der Waals surface area (Å²) in [5, 5.41) is 23.6. The van der Waals surface area contributed by atoms with Crippen molar-refractivity contribution in [3.05, 3.63) is 74.6 Å². The lowest BCUT2D eigenvalue weighted by molar-refractivity contribution is -0.384. The van der Waals surface area contributed by atoms with Crippen molar-refractivity contribution < 1.29 is 14.8 Å². The summed E-state index contributed by atoms with van der Waals surface area (Å²) >= 11 is 0. The molecule has 0 atom stereocenters. The van der Waals surface area contributed by atoms with Crippen molar-refractivity contribution in [1.82, 2.24) is 4.98 Å².